The average Bonchev–Trinajstić information content (AvgIpc) is 2.39. The van der Waals surface area contributed by atoms with Crippen LogP contribution in [-0.2, 0) is 4.79 Å². The van der Waals surface area contributed by atoms with E-state index in [-0.39, 0.29) is 5.91 Å². The Bertz CT molecular complexity index is 471. The summed E-state index contributed by atoms with van der Waals surface area (Å²) in [5.74, 6) is -0.140. The number of carbonyl (C=O) groups is 1. The van der Waals surface area contributed by atoms with E-state index in [1.165, 1.54) is 5.56 Å². The van der Waals surface area contributed by atoms with Crippen molar-refractivity contribution in [3.05, 3.63) is 33.8 Å². The molecule has 0 saturated heterocycles. The number of carbonyl (C=O) groups excluding carboxylic acids is 1. The Labute approximate surface area is 70.3 Å². The molecule has 0 N–H and O–H groups in total. The zero-order valence-corrected chi connectivity index (χ0v) is 7.09. The molecule has 1 amide bonds. The van der Waals surface area contributed by atoms with Gasteiger partial charge in [-0.15, -0.1) is 0 Å². The highest BCUT2D eigenvalue weighted by molar-refractivity contribution is 6.06. The van der Waals surface area contributed by atoms with Gasteiger partial charge in [-0.2, -0.15) is 0 Å². The van der Waals surface area contributed by atoms with Crippen LogP contribution in [0.15, 0.2) is 17.1 Å². The number of aryl methyl sites for hydroxylation is 1. The van der Waals surface area contributed by atoms with Crippen molar-refractivity contribution >= 4 is 12.0 Å². The first-order valence-electron chi connectivity index (χ1n) is 3.89. The van der Waals surface area contributed by atoms with Crippen molar-refractivity contribution in [3.63, 3.8) is 0 Å². The Morgan fingerprint density at radius 3 is 2.75 bits per heavy atom. The van der Waals surface area contributed by atoms with Gasteiger partial charge in [-0.3, -0.25) is 4.79 Å². The molecule has 0 saturated carbocycles. The Morgan fingerprint density at radius 1 is 1.25 bits per heavy atom. The molecule has 2 heteroatoms. The molecule has 1 aromatic rings. The lowest BCUT2D eigenvalue weighted by Crippen LogP contribution is -2.24. The zero-order valence-electron chi connectivity index (χ0n) is 7.09. The minimum absolute atomic E-state index is 0.140. The van der Waals surface area contributed by atoms with E-state index in [1.807, 2.05) is 26.0 Å². The van der Waals surface area contributed by atoms with Crippen LogP contribution in [0.3, 0.4) is 0 Å². The van der Waals surface area contributed by atoms with E-state index in [4.69, 9.17) is 0 Å². The van der Waals surface area contributed by atoms with E-state index in [0.717, 1.165) is 16.1 Å². The number of benzene rings is 1. The van der Waals surface area contributed by atoms with Crippen LogP contribution in [0.25, 0.3) is 6.08 Å². The summed E-state index contributed by atoms with van der Waals surface area (Å²) in [6, 6.07) is 3.88. The molecule has 0 fully saturated rings. The van der Waals surface area contributed by atoms with Gasteiger partial charge in [0.2, 0.25) is 0 Å². The first kappa shape index (κ1) is 7.22. The molecule has 1 heterocycles. The summed E-state index contributed by atoms with van der Waals surface area (Å²) in [6.07, 6.45) is 1.59. The maximum atomic E-state index is 10.9. The Balaban J connectivity index is 2.96. The number of amides is 1. The highest BCUT2D eigenvalue weighted by atomic mass is 16.1. The van der Waals surface area contributed by atoms with E-state index in [1.54, 1.807) is 6.08 Å². The highest BCUT2D eigenvalue weighted by Crippen LogP contribution is 1.98. The summed E-state index contributed by atoms with van der Waals surface area (Å²) < 4.78 is 0. The van der Waals surface area contributed by atoms with Crippen LogP contribution in [0.2, 0.25) is 0 Å². The van der Waals surface area contributed by atoms with Gasteiger partial charge in [0, 0.05) is 11.3 Å². The average molecular weight is 159 g/mol. The summed E-state index contributed by atoms with van der Waals surface area (Å²) in [5, 5.41) is 1.79. The maximum absolute atomic E-state index is 10.9. The Kier molecular flexibility index (Phi) is 1.37. The predicted molar refractivity (Wildman–Crippen MR) is 46.2 cm³/mol. The molecule has 2 rings (SSSR count). The van der Waals surface area contributed by atoms with Crippen LogP contribution in [-0.4, -0.2) is 5.91 Å². The number of hydrogen-bond donors (Lipinski definition) is 0. The summed E-state index contributed by atoms with van der Waals surface area (Å²) in [5.41, 5.74) is 2.36. The normalized spacial score (nSPS) is 13.7. The predicted octanol–water partition coefficient (Wildman–Crippen LogP) is 0.244. The molecule has 1 aliphatic heterocycles. The van der Waals surface area contributed by atoms with Crippen molar-refractivity contribution in [2.75, 3.05) is 0 Å². The van der Waals surface area contributed by atoms with Gasteiger partial charge in [0.25, 0.3) is 5.91 Å². The lowest BCUT2D eigenvalue weighted by Gasteiger charge is -1.96. The highest BCUT2D eigenvalue weighted by Gasteiger charge is 2.05. The van der Waals surface area contributed by atoms with Crippen LogP contribution in [0.1, 0.15) is 11.1 Å². The number of hydrogen-bond acceptors (Lipinski definition) is 1. The van der Waals surface area contributed by atoms with E-state index in [2.05, 4.69) is 4.99 Å². The number of nitrogens with zero attached hydrogens (tertiary/aromatic N) is 1. The van der Waals surface area contributed by atoms with Gasteiger partial charge in [0.15, 0.2) is 0 Å². The monoisotopic (exact) mass is 159 g/mol. The van der Waals surface area contributed by atoms with Gasteiger partial charge in [0.05, 0.1) is 5.36 Å². The van der Waals surface area contributed by atoms with Gasteiger partial charge in [-0.1, -0.05) is 6.07 Å². The van der Waals surface area contributed by atoms with Crippen molar-refractivity contribution in [3.8, 4) is 0 Å². The van der Waals surface area contributed by atoms with Crippen molar-refractivity contribution in [1.29, 1.82) is 0 Å². The second-order valence-electron chi connectivity index (χ2n) is 3.03. The largest absolute Gasteiger partial charge is 0.270 e. The van der Waals surface area contributed by atoms with E-state index < -0.39 is 0 Å². The molecule has 0 atom stereocenters. The lowest BCUT2D eigenvalue weighted by molar-refractivity contribution is -0.112. The van der Waals surface area contributed by atoms with Crippen LogP contribution < -0.4 is 10.6 Å². The molecule has 0 radical (unpaired) electrons. The van der Waals surface area contributed by atoms with Crippen molar-refractivity contribution in [2.45, 2.75) is 13.8 Å². The molecule has 60 valence electrons. The van der Waals surface area contributed by atoms with Crippen molar-refractivity contribution in [2.24, 2.45) is 4.99 Å². The third-order valence-electron chi connectivity index (χ3n) is 2.26. The zero-order chi connectivity index (χ0) is 8.72. The van der Waals surface area contributed by atoms with Crippen molar-refractivity contribution in [1.82, 2.24) is 0 Å². The molecule has 0 spiro atoms. The van der Waals surface area contributed by atoms with Crippen LogP contribution in [0.4, 0.5) is 0 Å². The molecule has 1 aliphatic rings. The minimum atomic E-state index is -0.140. The smallest absolute Gasteiger partial charge is 0.267 e. The SMILES string of the molecule is Cc1ccc2c(c1C)=CC(=O)N=2. The fourth-order valence-corrected chi connectivity index (χ4v) is 1.38. The molecule has 0 aromatic heterocycles. The van der Waals surface area contributed by atoms with E-state index >= 15 is 0 Å². The van der Waals surface area contributed by atoms with E-state index in [9.17, 15) is 4.79 Å². The second kappa shape index (κ2) is 2.27. The second-order valence-corrected chi connectivity index (χ2v) is 3.03. The third-order valence-corrected chi connectivity index (χ3v) is 2.26. The number of rotatable bonds is 0. The number of fused-ring (bicyclic) bond motifs is 1. The molecular weight excluding hydrogens is 150 g/mol. The van der Waals surface area contributed by atoms with Gasteiger partial charge < -0.3 is 0 Å². The van der Waals surface area contributed by atoms with E-state index in [0.29, 0.717) is 0 Å². The maximum Gasteiger partial charge on any atom is 0.270 e. The standard InChI is InChI=1S/C10H9NO/c1-6-3-4-9-8(7(6)2)5-10(12)11-9/h3-5H,1-2H3. The molecular formula is C10H9NO. The fraction of sp³-hybridized carbons (Fsp3) is 0.200. The van der Waals surface area contributed by atoms with Crippen LogP contribution in [0, 0.1) is 13.8 Å². The Hall–Kier alpha value is -1.44. The Morgan fingerprint density at radius 2 is 2.00 bits per heavy atom. The van der Waals surface area contributed by atoms with Gasteiger partial charge in [-0.25, -0.2) is 4.99 Å². The molecule has 1 aromatic carbocycles. The molecule has 2 nitrogen and oxygen atoms in total. The van der Waals surface area contributed by atoms with Gasteiger partial charge >= 0.3 is 0 Å². The quantitative estimate of drug-likeness (QED) is 0.533. The van der Waals surface area contributed by atoms with Gasteiger partial charge in [0.1, 0.15) is 0 Å². The third kappa shape index (κ3) is 0.881. The summed E-state index contributed by atoms with van der Waals surface area (Å²) in [4.78, 5) is 14.8. The summed E-state index contributed by atoms with van der Waals surface area (Å²) in [7, 11) is 0. The first-order chi connectivity index (χ1) is 5.68. The topological polar surface area (TPSA) is 29.4 Å². The lowest BCUT2D eigenvalue weighted by atomic mass is 10.1. The molecule has 0 unspecified atom stereocenters. The van der Waals surface area contributed by atoms with Crippen molar-refractivity contribution < 1.29 is 4.79 Å². The first-order valence-corrected chi connectivity index (χ1v) is 3.89. The van der Waals surface area contributed by atoms with Crippen LogP contribution >= 0.6 is 0 Å². The van der Waals surface area contributed by atoms with Gasteiger partial charge in [-0.05, 0) is 31.0 Å². The molecule has 12 heavy (non-hydrogen) atoms. The van der Waals surface area contributed by atoms with Crippen LogP contribution in [0.5, 0.6) is 0 Å². The minimum Gasteiger partial charge on any atom is -0.267 e. The summed E-state index contributed by atoms with van der Waals surface area (Å²) >= 11 is 0. The fourth-order valence-electron chi connectivity index (χ4n) is 1.38. The summed E-state index contributed by atoms with van der Waals surface area (Å²) in [6.45, 7) is 4.05. The molecule has 0 aliphatic carbocycles. The molecule has 0 bridgehead atoms.